The zero-order valence-electron chi connectivity index (χ0n) is 17.9. The summed E-state index contributed by atoms with van der Waals surface area (Å²) in [5.74, 6) is -1.16. The van der Waals surface area contributed by atoms with Crippen molar-refractivity contribution in [2.75, 3.05) is 16.0 Å². The molecule has 1 aliphatic rings. The van der Waals surface area contributed by atoms with Crippen LogP contribution in [-0.2, 0) is 15.8 Å². The fourth-order valence-electron chi connectivity index (χ4n) is 3.22. The number of nitrogens with one attached hydrogen (secondary N) is 1. The Balaban J connectivity index is 1.54. The number of rotatable bonds is 5. The summed E-state index contributed by atoms with van der Waals surface area (Å²) < 4.78 is 39.0. The second-order valence-electron chi connectivity index (χ2n) is 7.34. The van der Waals surface area contributed by atoms with E-state index in [0.29, 0.717) is 5.69 Å². The van der Waals surface area contributed by atoms with E-state index in [4.69, 9.17) is 11.6 Å². The van der Waals surface area contributed by atoms with E-state index in [-0.39, 0.29) is 33.2 Å². The molecule has 1 heterocycles. The number of nitrogens with zero attached hydrogens (tertiary/aromatic N) is 2. The summed E-state index contributed by atoms with van der Waals surface area (Å²) in [4.78, 5) is 31.5. The monoisotopic (exact) mass is 515 g/mol. The molecule has 0 aromatic heterocycles. The van der Waals surface area contributed by atoms with E-state index in [2.05, 4.69) is 10.3 Å². The zero-order valence-corrected chi connectivity index (χ0v) is 19.5. The van der Waals surface area contributed by atoms with Gasteiger partial charge in [-0.2, -0.15) is 13.2 Å². The molecule has 1 N–H and O–H groups in total. The Labute approximate surface area is 208 Å². The van der Waals surface area contributed by atoms with Crippen molar-refractivity contribution < 1.29 is 22.8 Å². The lowest BCUT2D eigenvalue weighted by molar-refractivity contribution is -0.137. The molecule has 0 bridgehead atoms. The van der Waals surface area contributed by atoms with E-state index >= 15 is 0 Å². The van der Waals surface area contributed by atoms with E-state index < -0.39 is 17.6 Å². The number of amidine groups is 1. The number of hydrogen-bond donors (Lipinski definition) is 1. The minimum Gasteiger partial charge on any atom is -0.324 e. The van der Waals surface area contributed by atoms with E-state index in [1.54, 1.807) is 36.4 Å². The molecule has 0 saturated carbocycles. The maximum Gasteiger partial charge on any atom is 0.416 e. The van der Waals surface area contributed by atoms with Crippen molar-refractivity contribution in [3.63, 3.8) is 0 Å². The van der Waals surface area contributed by atoms with Crippen LogP contribution in [0.3, 0.4) is 0 Å². The number of carbonyl (C=O) groups is 2. The van der Waals surface area contributed by atoms with Gasteiger partial charge in [-0.05, 0) is 42.0 Å². The van der Waals surface area contributed by atoms with Gasteiger partial charge >= 0.3 is 6.18 Å². The van der Waals surface area contributed by atoms with Crippen molar-refractivity contribution in [3.05, 3.63) is 101 Å². The summed E-state index contributed by atoms with van der Waals surface area (Å²) in [6, 6.07) is 20.7. The Bertz CT molecular complexity index is 1310. The standard InChI is InChI=1S/C25H17ClF3N3O2S/c26-19-12-11-17(25(27,28)29)14-20(19)30-22(33)15-35-24-31-21(13-16-7-3-1-4-8-16)23(34)32(24)18-9-5-2-6-10-18/h1-14H,15H2,(H,30,33). The molecule has 10 heteroatoms. The number of amides is 2. The van der Waals surface area contributed by atoms with Crippen LogP contribution in [0.1, 0.15) is 11.1 Å². The van der Waals surface area contributed by atoms with Gasteiger partial charge in [0.15, 0.2) is 5.17 Å². The Kier molecular flexibility index (Phi) is 7.28. The van der Waals surface area contributed by atoms with Gasteiger partial charge in [0.2, 0.25) is 5.91 Å². The third kappa shape index (κ3) is 5.93. The third-order valence-electron chi connectivity index (χ3n) is 4.85. The lowest BCUT2D eigenvalue weighted by atomic mass is 10.2. The highest BCUT2D eigenvalue weighted by atomic mass is 35.5. The maximum absolute atomic E-state index is 13.1. The highest BCUT2D eigenvalue weighted by Crippen LogP contribution is 2.34. The molecule has 178 valence electrons. The Morgan fingerprint density at radius 1 is 1.03 bits per heavy atom. The number of para-hydroxylation sites is 1. The van der Waals surface area contributed by atoms with Crippen LogP contribution in [0, 0.1) is 0 Å². The van der Waals surface area contributed by atoms with Crippen molar-refractivity contribution in [3.8, 4) is 0 Å². The summed E-state index contributed by atoms with van der Waals surface area (Å²) >= 11 is 6.95. The van der Waals surface area contributed by atoms with Crippen molar-refractivity contribution in [2.45, 2.75) is 6.18 Å². The first-order valence-electron chi connectivity index (χ1n) is 10.3. The molecule has 0 atom stereocenters. The summed E-state index contributed by atoms with van der Waals surface area (Å²) in [5.41, 5.74) is 0.476. The topological polar surface area (TPSA) is 61.8 Å². The minimum atomic E-state index is -4.57. The lowest BCUT2D eigenvalue weighted by Gasteiger charge is -2.17. The number of carbonyl (C=O) groups excluding carboxylic acids is 2. The van der Waals surface area contributed by atoms with Gasteiger partial charge in [0, 0.05) is 0 Å². The van der Waals surface area contributed by atoms with Gasteiger partial charge in [-0.25, -0.2) is 4.99 Å². The fourth-order valence-corrected chi connectivity index (χ4v) is 4.20. The van der Waals surface area contributed by atoms with Gasteiger partial charge in [0.25, 0.3) is 5.91 Å². The van der Waals surface area contributed by atoms with Gasteiger partial charge in [0.05, 0.1) is 27.7 Å². The summed E-state index contributed by atoms with van der Waals surface area (Å²) in [6.07, 6.45) is -2.93. The van der Waals surface area contributed by atoms with Crippen LogP contribution in [0.25, 0.3) is 6.08 Å². The Morgan fingerprint density at radius 3 is 2.34 bits per heavy atom. The molecule has 0 aliphatic carbocycles. The number of aliphatic imine (C=N–C) groups is 1. The summed E-state index contributed by atoms with van der Waals surface area (Å²) in [5, 5.41) is 2.65. The van der Waals surface area contributed by atoms with Crippen LogP contribution in [0.15, 0.2) is 89.6 Å². The summed E-state index contributed by atoms with van der Waals surface area (Å²) in [7, 11) is 0. The molecule has 0 fully saturated rings. The van der Waals surface area contributed by atoms with Gasteiger partial charge < -0.3 is 5.32 Å². The van der Waals surface area contributed by atoms with Gasteiger partial charge in [-0.15, -0.1) is 0 Å². The van der Waals surface area contributed by atoms with Crippen LogP contribution < -0.4 is 10.2 Å². The van der Waals surface area contributed by atoms with Crippen molar-refractivity contribution in [1.82, 2.24) is 0 Å². The molecular weight excluding hydrogens is 499 g/mol. The first kappa shape index (κ1) is 24.6. The first-order valence-corrected chi connectivity index (χ1v) is 11.6. The van der Waals surface area contributed by atoms with E-state index in [1.807, 2.05) is 30.3 Å². The molecule has 1 aliphatic heterocycles. The van der Waals surface area contributed by atoms with Crippen LogP contribution in [0.2, 0.25) is 5.02 Å². The van der Waals surface area contributed by atoms with Gasteiger partial charge in [-0.1, -0.05) is 71.9 Å². The Morgan fingerprint density at radius 2 is 1.69 bits per heavy atom. The van der Waals surface area contributed by atoms with E-state index in [0.717, 1.165) is 35.5 Å². The van der Waals surface area contributed by atoms with Crippen molar-refractivity contribution in [2.24, 2.45) is 4.99 Å². The second kappa shape index (κ2) is 10.4. The average molecular weight is 516 g/mol. The average Bonchev–Trinajstić information content (AvgIpc) is 3.14. The van der Waals surface area contributed by atoms with E-state index in [1.165, 1.54) is 4.90 Å². The van der Waals surface area contributed by atoms with Crippen molar-refractivity contribution in [1.29, 1.82) is 0 Å². The molecule has 0 saturated heterocycles. The molecule has 2 amide bonds. The molecule has 3 aromatic rings. The van der Waals surface area contributed by atoms with Gasteiger partial charge in [0.1, 0.15) is 5.70 Å². The van der Waals surface area contributed by atoms with Crippen LogP contribution >= 0.6 is 23.4 Å². The summed E-state index contributed by atoms with van der Waals surface area (Å²) in [6.45, 7) is 0. The number of thioether (sulfide) groups is 1. The minimum absolute atomic E-state index is 0.0243. The predicted octanol–water partition coefficient (Wildman–Crippen LogP) is 6.47. The Hall–Kier alpha value is -3.56. The number of hydrogen-bond acceptors (Lipinski definition) is 4. The van der Waals surface area contributed by atoms with Crippen LogP contribution in [0.5, 0.6) is 0 Å². The highest BCUT2D eigenvalue weighted by molar-refractivity contribution is 8.14. The van der Waals surface area contributed by atoms with Crippen LogP contribution in [0.4, 0.5) is 24.5 Å². The maximum atomic E-state index is 13.1. The van der Waals surface area contributed by atoms with Crippen LogP contribution in [-0.4, -0.2) is 22.7 Å². The molecule has 0 radical (unpaired) electrons. The number of anilines is 2. The first-order chi connectivity index (χ1) is 16.7. The third-order valence-corrected chi connectivity index (χ3v) is 6.12. The van der Waals surface area contributed by atoms with Crippen molar-refractivity contribution >= 4 is 57.8 Å². The lowest BCUT2D eigenvalue weighted by Crippen LogP contribution is -2.31. The van der Waals surface area contributed by atoms with E-state index in [9.17, 15) is 22.8 Å². The molecule has 35 heavy (non-hydrogen) atoms. The smallest absolute Gasteiger partial charge is 0.324 e. The molecule has 3 aromatic carbocycles. The zero-order chi connectivity index (χ0) is 25.0. The highest BCUT2D eigenvalue weighted by Gasteiger charge is 2.33. The van der Waals surface area contributed by atoms with Gasteiger partial charge in [-0.3, -0.25) is 14.5 Å². The quantitative estimate of drug-likeness (QED) is 0.396. The predicted molar refractivity (Wildman–Crippen MR) is 133 cm³/mol. The fraction of sp³-hybridized carbons (Fsp3) is 0.0800. The number of halogens is 4. The molecule has 5 nitrogen and oxygen atoms in total. The number of benzene rings is 3. The molecule has 0 unspecified atom stereocenters. The molecule has 0 spiro atoms. The largest absolute Gasteiger partial charge is 0.416 e. The molecule has 4 rings (SSSR count). The number of alkyl halides is 3. The SMILES string of the molecule is O=C(CSC1=NC(=Cc2ccccc2)C(=O)N1c1ccccc1)Nc1cc(C(F)(F)F)ccc1Cl. The second-order valence-corrected chi connectivity index (χ2v) is 8.69. The normalized spacial score (nSPS) is 14.9. The molecular formula is C25H17ClF3N3O2S.